The van der Waals surface area contributed by atoms with Crippen LogP contribution >= 0.6 is 0 Å². The van der Waals surface area contributed by atoms with Crippen LogP contribution in [0.5, 0.6) is 11.5 Å². The van der Waals surface area contributed by atoms with Gasteiger partial charge in [0.25, 0.3) is 0 Å². The second kappa shape index (κ2) is 5.71. The van der Waals surface area contributed by atoms with Gasteiger partial charge >= 0.3 is 0 Å². The third-order valence-electron chi connectivity index (χ3n) is 7.55. The molecule has 5 nitrogen and oxygen atoms in total. The first-order valence-corrected chi connectivity index (χ1v) is 10.4. The van der Waals surface area contributed by atoms with E-state index >= 15 is 0 Å². The van der Waals surface area contributed by atoms with Crippen LogP contribution in [-0.4, -0.2) is 52.2 Å². The van der Waals surface area contributed by atoms with Crippen molar-refractivity contribution in [3.05, 3.63) is 23.3 Å². The molecule has 0 amide bonds. The maximum Gasteiger partial charge on any atom is 0.174 e. The fourth-order valence-electron chi connectivity index (χ4n) is 6.26. The molecule has 3 aliphatic carbocycles. The number of carbonyl (C=O) groups is 1. The molecule has 0 spiro atoms. The van der Waals surface area contributed by atoms with E-state index in [9.17, 15) is 15.0 Å². The zero-order valence-corrected chi connectivity index (χ0v) is 16.2. The van der Waals surface area contributed by atoms with Crippen LogP contribution in [0.4, 0.5) is 0 Å². The van der Waals surface area contributed by atoms with E-state index in [1.807, 2.05) is 6.07 Å². The Morgan fingerprint density at radius 2 is 2.11 bits per heavy atom. The van der Waals surface area contributed by atoms with Gasteiger partial charge in [0.15, 0.2) is 23.4 Å². The largest absolute Gasteiger partial charge is 0.504 e. The molecule has 1 aromatic rings. The van der Waals surface area contributed by atoms with Gasteiger partial charge in [-0.25, -0.2) is 0 Å². The lowest BCUT2D eigenvalue weighted by Gasteiger charge is -2.58. The number of likely N-dealkylation sites (N-methyl/N-ethyl adjacent to an activating group) is 1. The van der Waals surface area contributed by atoms with E-state index in [1.165, 1.54) is 12.8 Å². The third kappa shape index (κ3) is 2.16. The molecule has 1 heterocycles. The van der Waals surface area contributed by atoms with Crippen LogP contribution in [0, 0.1) is 5.92 Å². The fraction of sp³-hybridized carbons (Fsp3) is 0.682. The van der Waals surface area contributed by atoms with Crippen molar-refractivity contribution in [1.82, 2.24) is 4.90 Å². The van der Waals surface area contributed by atoms with Gasteiger partial charge in [-0.15, -0.1) is 0 Å². The Hall–Kier alpha value is -1.59. The lowest BCUT2D eigenvalue weighted by Crippen LogP contribution is -2.72. The first-order valence-electron chi connectivity index (χ1n) is 10.4. The number of aromatic hydroxyl groups is 1. The van der Waals surface area contributed by atoms with Gasteiger partial charge in [0, 0.05) is 24.6 Å². The minimum atomic E-state index is -1.02. The zero-order valence-electron chi connectivity index (χ0n) is 16.2. The Labute approximate surface area is 160 Å². The monoisotopic (exact) mass is 371 g/mol. The number of hydrogen-bond acceptors (Lipinski definition) is 5. The second-order valence-electron chi connectivity index (χ2n) is 9.16. The van der Waals surface area contributed by atoms with Crippen molar-refractivity contribution < 1.29 is 19.7 Å². The molecule has 0 unspecified atom stereocenters. The highest BCUT2D eigenvalue weighted by molar-refractivity contribution is 5.89. The lowest BCUT2D eigenvalue weighted by molar-refractivity contribution is -0.170. The predicted octanol–water partition coefficient (Wildman–Crippen LogP) is 2.55. The summed E-state index contributed by atoms with van der Waals surface area (Å²) in [5, 5.41) is 22.7. The van der Waals surface area contributed by atoms with Gasteiger partial charge in [-0.1, -0.05) is 19.4 Å². The number of rotatable bonds is 5. The quantitative estimate of drug-likeness (QED) is 0.832. The average molecular weight is 371 g/mol. The zero-order chi connectivity index (χ0) is 19.0. The standard InChI is InChI=1S/C22H29NO4/c1-3-9-21-18-14-6-7-15(24)19(18)27-20(21)16(25)8-10-22(21,26)17(11-14)23(2)12-13-4-5-13/h6-7,13,17,20,24,26H,3-5,8-12H2,1-2H3/t17-,20+,21+,22-/m1/s1. The molecule has 2 N–H and O–H groups in total. The van der Waals surface area contributed by atoms with Gasteiger partial charge in [-0.05, 0) is 56.7 Å². The van der Waals surface area contributed by atoms with Crippen molar-refractivity contribution in [3.8, 4) is 11.5 Å². The Bertz CT molecular complexity index is 804. The SMILES string of the molecule is CCC[C@]12c3c4ccc(O)c3O[C@H]1C(=O)CC[C@@]2(O)[C@H](N(C)CC1CC1)C4. The first-order chi connectivity index (χ1) is 12.9. The highest BCUT2D eigenvalue weighted by atomic mass is 16.5. The summed E-state index contributed by atoms with van der Waals surface area (Å²) < 4.78 is 6.11. The van der Waals surface area contributed by atoms with Crippen molar-refractivity contribution in [3.63, 3.8) is 0 Å². The highest BCUT2D eigenvalue weighted by Crippen LogP contribution is 2.63. The maximum absolute atomic E-state index is 12.9. The van der Waals surface area contributed by atoms with Crippen molar-refractivity contribution in [2.75, 3.05) is 13.6 Å². The molecule has 2 fully saturated rings. The number of nitrogens with zero attached hydrogens (tertiary/aromatic N) is 1. The van der Waals surface area contributed by atoms with Crippen LogP contribution in [0.1, 0.15) is 56.6 Å². The van der Waals surface area contributed by atoms with Crippen molar-refractivity contribution >= 4 is 5.78 Å². The van der Waals surface area contributed by atoms with Gasteiger partial charge < -0.3 is 14.9 Å². The van der Waals surface area contributed by atoms with Gasteiger partial charge in [-0.2, -0.15) is 0 Å². The Morgan fingerprint density at radius 3 is 2.81 bits per heavy atom. The number of ether oxygens (including phenoxy) is 1. The maximum atomic E-state index is 12.9. The molecule has 4 aliphatic rings. The molecule has 27 heavy (non-hydrogen) atoms. The number of phenolic OH excluding ortho intramolecular Hbond substituents is 1. The van der Waals surface area contributed by atoms with Crippen LogP contribution in [0.25, 0.3) is 0 Å². The minimum absolute atomic E-state index is 0.0353. The molecular formula is C22H29NO4. The number of benzene rings is 1. The van der Waals surface area contributed by atoms with E-state index in [0.717, 1.165) is 36.4 Å². The van der Waals surface area contributed by atoms with E-state index in [4.69, 9.17) is 4.74 Å². The Morgan fingerprint density at radius 1 is 1.33 bits per heavy atom. The summed E-state index contributed by atoms with van der Waals surface area (Å²) in [5.74, 6) is 1.31. The van der Waals surface area contributed by atoms with E-state index < -0.39 is 17.1 Å². The van der Waals surface area contributed by atoms with Crippen molar-refractivity contribution in [2.45, 2.75) is 75.0 Å². The number of ketones is 1. The molecule has 1 aromatic carbocycles. The molecule has 146 valence electrons. The third-order valence-corrected chi connectivity index (χ3v) is 7.55. The normalized spacial score (nSPS) is 36.7. The molecule has 2 saturated carbocycles. The molecule has 0 saturated heterocycles. The van der Waals surface area contributed by atoms with Crippen LogP contribution in [0.15, 0.2) is 12.1 Å². The van der Waals surface area contributed by atoms with E-state index in [1.54, 1.807) is 6.07 Å². The van der Waals surface area contributed by atoms with Crippen molar-refractivity contribution in [1.29, 1.82) is 0 Å². The predicted molar refractivity (Wildman–Crippen MR) is 101 cm³/mol. The summed E-state index contributed by atoms with van der Waals surface area (Å²) >= 11 is 0. The topological polar surface area (TPSA) is 70.0 Å². The van der Waals surface area contributed by atoms with Crippen LogP contribution in [0.2, 0.25) is 0 Å². The van der Waals surface area contributed by atoms with Gasteiger partial charge in [0.05, 0.1) is 11.0 Å². The molecule has 0 bridgehead atoms. The first kappa shape index (κ1) is 17.5. The van der Waals surface area contributed by atoms with E-state index in [2.05, 4.69) is 18.9 Å². The van der Waals surface area contributed by atoms with E-state index in [-0.39, 0.29) is 17.6 Å². The number of phenols is 1. The fourth-order valence-corrected chi connectivity index (χ4v) is 6.26. The van der Waals surface area contributed by atoms with Gasteiger partial charge in [0.1, 0.15) is 0 Å². The molecule has 0 aromatic heterocycles. The van der Waals surface area contributed by atoms with E-state index in [0.29, 0.717) is 25.0 Å². The molecule has 4 atom stereocenters. The highest BCUT2D eigenvalue weighted by Gasteiger charge is 2.70. The second-order valence-corrected chi connectivity index (χ2v) is 9.16. The number of carbonyl (C=O) groups excluding carboxylic acids is 1. The molecule has 0 radical (unpaired) electrons. The lowest BCUT2D eigenvalue weighted by atomic mass is 9.50. The summed E-state index contributed by atoms with van der Waals surface area (Å²) in [6.07, 6.45) is 4.95. The summed E-state index contributed by atoms with van der Waals surface area (Å²) in [6.45, 7) is 3.09. The minimum Gasteiger partial charge on any atom is -0.504 e. The molecule has 1 aliphatic heterocycles. The summed E-state index contributed by atoms with van der Waals surface area (Å²) in [6, 6.07) is 3.61. The average Bonchev–Trinajstić information content (AvgIpc) is 3.37. The summed E-state index contributed by atoms with van der Waals surface area (Å²) in [7, 11) is 2.12. The number of Topliss-reactive ketones (excluding diaryl/α,β-unsaturated/α-hetero) is 1. The summed E-state index contributed by atoms with van der Waals surface area (Å²) in [4.78, 5) is 15.2. The van der Waals surface area contributed by atoms with Gasteiger partial charge in [-0.3, -0.25) is 9.69 Å². The van der Waals surface area contributed by atoms with Crippen LogP contribution < -0.4 is 4.74 Å². The number of hydrogen-bond donors (Lipinski definition) is 2. The Kier molecular flexibility index (Phi) is 3.70. The Balaban J connectivity index is 1.71. The van der Waals surface area contributed by atoms with Crippen LogP contribution in [-0.2, 0) is 16.6 Å². The van der Waals surface area contributed by atoms with Crippen LogP contribution in [0.3, 0.4) is 0 Å². The molecule has 5 heteroatoms. The number of aliphatic hydroxyl groups is 1. The summed E-state index contributed by atoms with van der Waals surface area (Å²) in [5.41, 5.74) is 0.255. The molecule has 5 rings (SSSR count). The van der Waals surface area contributed by atoms with Gasteiger partial charge in [0.2, 0.25) is 0 Å². The molecular weight excluding hydrogens is 342 g/mol. The smallest absolute Gasteiger partial charge is 0.174 e. The van der Waals surface area contributed by atoms with Crippen molar-refractivity contribution in [2.24, 2.45) is 5.92 Å².